The Morgan fingerprint density at radius 2 is 2.25 bits per heavy atom. The van der Waals surface area contributed by atoms with E-state index in [9.17, 15) is 4.79 Å². The molecule has 1 N–H and O–H groups in total. The van der Waals surface area contributed by atoms with Crippen molar-refractivity contribution >= 4 is 5.97 Å². The SMILES string of the molecule is O=C(OO)C1CC2C=CC1CC2. The highest BCUT2D eigenvalue weighted by Crippen LogP contribution is 2.40. The van der Waals surface area contributed by atoms with Crippen molar-refractivity contribution in [3.8, 4) is 0 Å². The van der Waals surface area contributed by atoms with Gasteiger partial charge in [0, 0.05) is 0 Å². The molecule has 0 aromatic heterocycles. The normalized spacial score (nSPS) is 38.2. The molecule has 12 heavy (non-hydrogen) atoms. The number of carbonyl (C=O) groups excluding carboxylic acids is 1. The molecule has 0 aromatic rings. The molecule has 0 spiro atoms. The van der Waals surface area contributed by atoms with Crippen molar-refractivity contribution in [3.05, 3.63) is 12.2 Å². The summed E-state index contributed by atoms with van der Waals surface area (Å²) in [6.07, 6.45) is 7.34. The van der Waals surface area contributed by atoms with Gasteiger partial charge in [-0.15, -0.1) is 0 Å². The summed E-state index contributed by atoms with van der Waals surface area (Å²) < 4.78 is 0. The number of hydrogen-bond donors (Lipinski definition) is 1. The Morgan fingerprint density at radius 1 is 1.42 bits per heavy atom. The van der Waals surface area contributed by atoms with Crippen molar-refractivity contribution in [1.82, 2.24) is 0 Å². The fraction of sp³-hybridized carbons (Fsp3) is 0.667. The van der Waals surface area contributed by atoms with E-state index in [2.05, 4.69) is 17.0 Å². The van der Waals surface area contributed by atoms with Crippen LogP contribution >= 0.6 is 0 Å². The maximum absolute atomic E-state index is 11.1. The summed E-state index contributed by atoms with van der Waals surface area (Å²) in [5, 5.41) is 8.24. The van der Waals surface area contributed by atoms with E-state index in [1.54, 1.807) is 0 Å². The lowest BCUT2D eigenvalue weighted by molar-refractivity contribution is -0.241. The Hall–Kier alpha value is -0.830. The van der Waals surface area contributed by atoms with Crippen LogP contribution in [0, 0.1) is 17.8 Å². The summed E-state index contributed by atoms with van der Waals surface area (Å²) in [4.78, 5) is 14.8. The van der Waals surface area contributed by atoms with Crippen molar-refractivity contribution in [3.63, 3.8) is 0 Å². The van der Waals surface area contributed by atoms with Crippen LogP contribution in [-0.4, -0.2) is 11.2 Å². The first-order valence-corrected chi connectivity index (χ1v) is 4.35. The summed E-state index contributed by atoms with van der Waals surface area (Å²) >= 11 is 0. The third-order valence-electron chi connectivity index (χ3n) is 2.97. The molecule has 0 saturated heterocycles. The molecule has 2 bridgehead atoms. The number of carbonyl (C=O) groups is 1. The van der Waals surface area contributed by atoms with Crippen LogP contribution in [0.4, 0.5) is 0 Å². The fourth-order valence-corrected chi connectivity index (χ4v) is 2.27. The Bertz CT molecular complexity index is 222. The van der Waals surface area contributed by atoms with Gasteiger partial charge in [-0.25, -0.2) is 4.79 Å². The summed E-state index contributed by atoms with van der Waals surface area (Å²) in [5.41, 5.74) is 0. The van der Waals surface area contributed by atoms with Gasteiger partial charge >= 0.3 is 5.97 Å². The van der Waals surface area contributed by atoms with Gasteiger partial charge < -0.3 is 4.89 Å². The number of hydrogen-bond acceptors (Lipinski definition) is 3. The maximum atomic E-state index is 11.1. The first-order chi connectivity index (χ1) is 5.81. The van der Waals surface area contributed by atoms with E-state index < -0.39 is 5.97 Å². The maximum Gasteiger partial charge on any atom is 0.345 e. The van der Waals surface area contributed by atoms with E-state index in [4.69, 9.17) is 5.26 Å². The van der Waals surface area contributed by atoms with Crippen molar-refractivity contribution in [2.45, 2.75) is 19.3 Å². The molecule has 0 amide bonds. The van der Waals surface area contributed by atoms with Crippen LogP contribution in [0.2, 0.25) is 0 Å². The van der Waals surface area contributed by atoms with Crippen molar-refractivity contribution in [2.75, 3.05) is 0 Å². The zero-order valence-electron chi connectivity index (χ0n) is 6.77. The highest BCUT2D eigenvalue weighted by Gasteiger charge is 2.37. The van der Waals surface area contributed by atoms with Crippen LogP contribution in [0.1, 0.15) is 19.3 Å². The van der Waals surface area contributed by atoms with Gasteiger partial charge in [-0.2, -0.15) is 5.26 Å². The van der Waals surface area contributed by atoms with Gasteiger partial charge in [-0.3, -0.25) is 0 Å². The van der Waals surface area contributed by atoms with E-state index in [0.29, 0.717) is 11.8 Å². The predicted molar refractivity (Wildman–Crippen MR) is 42.2 cm³/mol. The molecular formula is C9H12O3. The van der Waals surface area contributed by atoms with E-state index >= 15 is 0 Å². The molecule has 3 rings (SSSR count). The van der Waals surface area contributed by atoms with Gasteiger partial charge in [0.15, 0.2) is 0 Å². The van der Waals surface area contributed by atoms with Gasteiger partial charge in [-0.1, -0.05) is 12.2 Å². The number of fused-ring (bicyclic) bond motifs is 2. The minimum absolute atomic E-state index is 0.0984. The summed E-state index contributed by atoms with van der Waals surface area (Å²) in [5.74, 6) is 0.265. The standard InChI is InChI=1S/C9H12O3/c10-9(12-11)8-5-6-1-3-7(8)4-2-6/h1,3,6-8,11H,2,4-5H2. The van der Waals surface area contributed by atoms with Crippen LogP contribution in [0.3, 0.4) is 0 Å². The van der Waals surface area contributed by atoms with Gasteiger partial charge in [0.2, 0.25) is 0 Å². The zero-order valence-corrected chi connectivity index (χ0v) is 6.77. The van der Waals surface area contributed by atoms with Crippen LogP contribution in [0.15, 0.2) is 12.2 Å². The minimum Gasteiger partial charge on any atom is -0.301 e. The van der Waals surface area contributed by atoms with Crippen molar-refractivity contribution in [2.24, 2.45) is 17.8 Å². The van der Waals surface area contributed by atoms with Crippen molar-refractivity contribution < 1.29 is 14.9 Å². The lowest BCUT2D eigenvalue weighted by Crippen LogP contribution is -2.33. The van der Waals surface area contributed by atoms with Crippen LogP contribution in [-0.2, 0) is 9.68 Å². The van der Waals surface area contributed by atoms with E-state index in [-0.39, 0.29) is 5.92 Å². The Balaban J connectivity index is 2.11. The highest BCUT2D eigenvalue weighted by atomic mass is 17.1. The average molecular weight is 168 g/mol. The largest absolute Gasteiger partial charge is 0.345 e. The molecule has 1 saturated carbocycles. The molecule has 3 aliphatic carbocycles. The molecule has 0 aliphatic heterocycles. The summed E-state index contributed by atoms with van der Waals surface area (Å²) in [6.45, 7) is 0. The van der Waals surface area contributed by atoms with Crippen LogP contribution in [0.5, 0.6) is 0 Å². The molecule has 3 nitrogen and oxygen atoms in total. The van der Waals surface area contributed by atoms with Gasteiger partial charge in [0.05, 0.1) is 5.92 Å². The second-order valence-corrected chi connectivity index (χ2v) is 3.64. The lowest BCUT2D eigenvalue weighted by atomic mass is 9.69. The molecule has 3 atom stereocenters. The smallest absolute Gasteiger partial charge is 0.301 e. The summed E-state index contributed by atoms with van der Waals surface area (Å²) in [7, 11) is 0. The molecule has 3 heteroatoms. The minimum atomic E-state index is -0.464. The van der Waals surface area contributed by atoms with Gasteiger partial charge in [0.1, 0.15) is 0 Å². The molecule has 3 aliphatic rings. The molecule has 1 fully saturated rings. The Kier molecular flexibility index (Phi) is 1.89. The third-order valence-corrected chi connectivity index (χ3v) is 2.97. The highest BCUT2D eigenvalue weighted by molar-refractivity contribution is 5.72. The molecular weight excluding hydrogens is 156 g/mol. The van der Waals surface area contributed by atoms with Crippen LogP contribution < -0.4 is 0 Å². The third kappa shape index (κ3) is 1.14. The predicted octanol–water partition coefficient (Wildman–Crippen LogP) is 1.60. The van der Waals surface area contributed by atoms with E-state index in [1.807, 2.05) is 0 Å². The van der Waals surface area contributed by atoms with E-state index in [1.165, 1.54) is 6.42 Å². The van der Waals surface area contributed by atoms with Crippen molar-refractivity contribution in [1.29, 1.82) is 0 Å². The van der Waals surface area contributed by atoms with E-state index in [0.717, 1.165) is 12.8 Å². The fourth-order valence-electron chi connectivity index (χ4n) is 2.27. The Morgan fingerprint density at radius 3 is 2.67 bits per heavy atom. The quantitative estimate of drug-likeness (QED) is 0.367. The topological polar surface area (TPSA) is 46.5 Å². The van der Waals surface area contributed by atoms with Gasteiger partial charge in [-0.05, 0) is 31.1 Å². The molecule has 3 unspecified atom stereocenters. The molecule has 0 heterocycles. The average Bonchev–Trinajstić information content (AvgIpc) is 2.18. The zero-order chi connectivity index (χ0) is 8.55. The molecule has 0 radical (unpaired) electrons. The first kappa shape index (κ1) is 7.80. The first-order valence-electron chi connectivity index (χ1n) is 4.35. The monoisotopic (exact) mass is 168 g/mol. The second kappa shape index (κ2) is 2.90. The number of allylic oxidation sites excluding steroid dienone is 2. The van der Waals surface area contributed by atoms with Crippen LogP contribution in [0.25, 0.3) is 0 Å². The number of rotatable bonds is 1. The molecule has 0 aromatic carbocycles. The summed E-state index contributed by atoms with van der Waals surface area (Å²) in [6, 6.07) is 0. The second-order valence-electron chi connectivity index (χ2n) is 3.64. The lowest BCUT2D eigenvalue weighted by Gasteiger charge is -2.35. The van der Waals surface area contributed by atoms with Gasteiger partial charge in [0.25, 0.3) is 0 Å². The Labute approximate surface area is 71.0 Å². The molecule has 66 valence electrons.